The molecule has 0 saturated heterocycles. The van der Waals surface area contributed by atoms with E-state index in [0.29, 0.717) is 32.5 Å². The van der Waals surface area contributed by atoms with Crippen molar-refractivity contribution in [3.8, 4) is 5.75 Å². The Hall–Kier alpha value is -2.97. The zero-order valence-corrected chi connectivity index (χ0v) is 18.9. The molecule has 0 bridgehead atoms. The van der Waals surface area contributed by atoms with Crippen molar-refractivity contribution in [3.63, 3.8) is 0 Å². The molecular formula is C23H28N4O3S. The number of aryl methyl sites for hydroxylation is 1. The van der Waals surface area contributed by atoms with Gasteiger partial charge in [0.05, 0.1) is 13.7 Å². The number of anilines is 2. The van der Waals surface area contributed by atoms with E-state index in [0.717, 1.165) is 33.5 Å². The fourth-order valence-corrected chi connectivity index (χ4v) is 3.75. The fraction of sp³-hybridized carbons (Fsp3) is 0.348. The molecule has 0 aliphatic heterocycles. The summed E-state index contributed by atoms with van der Waals surface area (Å²) in [7, 11) is 3.32. The van der Waals surface area contributed by atoms with Crippen molar-refractivity contribution in [2.24, 2.45) is 0 Å². The van der Waals surface area contributed by atoms with Crippen LogP contribution in [0.5, 0.6) is 5.75 Å². The topological polar surface area (TPSA) is 76.6 Å². The molecule has 1 aromatic heterocycles. The van der Waals surface area contributed by atoms with Crippen molar-refractivity contribution in [2.75, 3.05) is 44.1 Å². The average molecular weight is 441 g/mol. The number of benzene rings is 2. The number of nitrogens with one attached hydrogen (secondary N) is 1. The van der Waals surface area contributed by atoms with Crippen LogP contribution in [0.1, 0.15) is 23.4 Å². The molecule has 8 heteroatoms. The van der Waals surface area contributed by atoms with Gasteiger partial charge in [-0.15, -0.1) is 0 Å². The van der Waals surface area contributed by atoms with E-state index in [9.17, 15) is 4.79 Å². The second-order valence-corrected chi connectivity index (χ2v) is 7.90. The standard InChI is InChI=1S/C23H28N4O3S/c1-17-7-9-19(10-8-17)24-22(28)11-12-27(13-14-29-2)23-25-21(26-31-23)16-18-5-4-6-20(15-18)30-3/h4-10,15H,11-14,16H2,1-3H3,(H,24,28). The lowest BCUT2D eigenvalue weighted by atomic mass is 10.1. The lowest BCUT2D eigenvalue weighted by Gasteiger charge is -2.20. The summed E-state index contributed by atoms with van der Waals surface area (Å²) in [6, 6.07) is 15.7. The highest BCUT2D eigenvalue weighted by Crippen LogP contribution is 2.21. The van der Waals surface area contributed by atoms with Crippen LogP contribution in [0.15, 0.2) is 48.5 Å². The Morgan fingerprint density at radius 3 is 2.68 bits per heavy atom. The molecule has 7 nitrogen and oxygen atoms in total. The number of hydrogen-bond acceptors (Lipinski definition) is 7. The first-order chi connectivity index (χ1) is 15.1. The smallest absolute Gasteiger partial charge is 0.226 e. The van der Waals surface area contributed by atoms with E-state index < -0.39 is 0 Å². The highest BCUT2D eigenvalue weighted by molar-refractivity contribution is 7.09. The molecule has 1 amide bonds. The molecule has 164 valence electrons. The van der Waals surface area contributed by atoms with E-state index in [2.05, 4.69) is 9.69 Å². The van der Waals surface area contributed by atoms with Crippen LogP contribution in [-0.4, -0.2) is 49.2 Å². The molecule has 0 fully saturated rings. The van der Waals surface area contributed by atoms with Gasteiger partial charge in [0.25, 0.3) is 0 Å². The molecule has 1 N–H and O–H groups in total. The Kier molecular flexibility index (Phi) is 8.37. The Labute approximate surface area is 187 Å². The zero-order chi connectivity index (χ0) is 22.1. The molecule has 2 aromatic carbocycles. The van der Waals surface area contributed by atoms with Crippen LogP contribution in [0.2, 0.25) is 0 Å². The maximum atomic E-state index is 12.4. The number of amides is 1. The minimum Gasteiger partial charge on any atom is -0.497 e. The van der Waals surface area contributed by atoms with E-state index in [1.165, 1.54) is 11.5 Å². The Morgan fingerprint density at radius 1 is 1.13 bits per heavy atom. The van der Waals surface area contributed by atoms with E-state index in [4.69, 9.17) is 14.5 Å². The van der Waals surface area contributed by atoms with E-state index in [-0.39, 0.29) is 5.91 Å². The number of carbonyl (C=O) groups excluding carboxylic acids is 1. The van der Waals surface area contributed by atoms with Crippen LogP contribution >= 0.6 is 11.5 Å². The normalized spacial score (nSPS) is 10.7. The molecule has 0 atom stereocenters. The van der Waals surface area contributed by atoms with Crippen molar-refractivity contribution in [1.82, 2.24) is 9.36 Å². The van der Waals surface area contributed by atoms with Crippen molar-refractivity contribution < 1.29 is 14.3 Å². The fourth-order valence-electron chi connectivity index (χ4n) is 3.01. The van der Waals surface area contributed by atoms with Crippen LogP contribution in [-0.2, 0) is 16.0 Å². The number of aromatic nitrogens is 2. The summed E-state index contributed by atoms with van der Waals surface area (Å²) < 4.78 is 15.0. The summed E-state index contributed by atoms with van der Waals surface area (Å²) in [6.45, 7) is 3.74. The van der Waals surface area contributed by atoms with Gasteiger partial charge in [0.15, 0.2) is 0 Å². The highest BCUT2D eigenvalue weighted by Gasteiger charge is 2.15. The van der Waals surface area contributed by atoms with Crippen LogP contribution in [0.3, 0.4) is 0 Å². The molecular weight excluding hydrogens is 412 g/mol. The van der Waals surface area contributed by atoms with Crippen LogP contribution in [0.4, 0.5) is 10.8 Å². The highest BCUT2D eigenvalue weighted by atomic mass is 32.1. The second kappa shape index (κ2) is 11.4. The third kappa shape index (κ3) is 7.04. The molecule has 0 unspecified atom stereocenters. The van der Waals surface area contributed by atoms with Gasteiger partial charge in [-0.2, -0.15) is 4.37 Å². The molecule has 0 aliphatic rings. The first-order valence-electron chi connectivity index (χ1n) is 10.1. The Morgan fingerprint density at radius 2 is 1.94 bits per heavy atom. The van der Waals surface area contributed by atoms with Gasteiger partial charge in [-0.05, 0) is 36.8 Å². The largest absolute Gasteiger partial charge is 0.497 e. The number of hydrogen-bond donors (Lipinski definition) is 1. The van der Waals surface area contributed by atoms with Crippen molar-refractivity contribution in [3.05, 3.63) is 65.5 Å². The molecule has 31 heavy (non-hydrogen) atoms. The van der Waals surface area contributed by atoms with Gasteiger partial charge < -0.3 is 19.7 Å². The van der Waals surface area contributed by atoms with Crippen molar-refractivity contribution in [1.29, 1.82) is 0 Å². The molecule has 3 aromatic rings. The number of ether oxygens (including phenoxy) is 2. The van der Waals surface area contributed by atoms with Gasteiger partial charge in [0, 0.05) is 50.3 Å². The predicted molar refractivity (Wildman–Crippen MR) is 124 cm³/mol. The first kappa shape index (κ1) is 22.7. The second-order valence-electron chi connectivity index (χ2n) is 7.17. The van der Waals surface area contributed by atoms with E-state index >= 15 is 0 Å². The number of rotatable bonds is 11. The van der Waals surface area contributed by atoms with Crippen molar-refractivity contribution >= 4 is 28.3 Å². The lowest BCUT2D eigenvalue weighted by Crippen LogP contribution is -2.30. The molecule has 3 rings (SSSR count). The van der Waals surface area contributed by atoms with Gasteiger partial charge in [-0.3, -0.25) is 4.79 Å². The first-order valence-corrected chi connectivity index (χ1v) is 10.9. The quantitative estimate of drug-likeness (QED) is 0.487. The summed E-state index contributed by atoms with van der Waals surface area (Å²) in [5.74, 6) is 1.53. The molecule has 0 radical (unpaired) electrons. The average Bonchev–Trinajstić information content (AvgIpc) is 3.23. The Balaban J connectivity index is 1.60. The van der Waals surface area contributed by atoms with Gasteiger partial charge in [-0.25, -0.2) is 4.98 Å². The maximum Gasteiger partial charge on any atom is 0.226 e. The van der Waals surface area contributed by atoms with Crippen LogP contribution < -0.4 is 15.0 Å². The third-order valence-electron chi connectivity index (χ3n) is 4.73. The van der Waals surface area contributed by atoms with Gasteiger partial charge in [0.1, 0.15) is 11.6 Å². The summed E-state index contributed by atoms with van der Waals surface area (Å²) in [4.78, 5) is 19.1. The molecule has 1 heterocycles. The molecule has 0 saturated carbocycles. The van der Waals surface area contributed by atoms with Crippen LogP contribution in [0, 0.1) is 6.92 Å². The summed E-state index contributed by atoms with van der Waals surface area (Å²) in [6.07, 6.45) is 0.974. The third-order valence-corrected chi connectivity index (χ3v) is 5.55. The summed E-state index contributed by atoms with van der Waals surface area (Å²) in [5.41, 5.74) is 3.05. The lowest BCUT2D eigenvalue weighted by molar-refractivity contribution is -0.116. The predicted octanol–water partition coefficient (Wildman–Crippen LogP) is 3.93. The minimum absolute atomic E-state index is 0.0348. The van der Waals surface area contributed by atoms with E-state index in [1.54, 1.807) is 14.2 Å². The van der Waals surface area contributed by atoms with Crippen molar-refractivity contribution in [2.45, 2.75) is 19.8 Å². The monoisotopic (exact) mass is 440 g/mol. The van der Waals surface area contributed by atoms with Gasteiger partial charge in [-0.1, -0.05) is 29.8 Å². The zero-order valence-electron chi connectivity index (χ0n) is 18.1. The number of nitrogens with zero attached hydrogens (tertiary/aromatic N) is 3. The number of methoxy groups -OCH3 is 2. The summed E-state index contributed by atoms with van der Waals surface area (Å²) in [5, 5.41) is 3.73. The van der Waals surface area contributed by atoms with Gasteiger partial charge >= 0.3 is 0 Å². The SMILES string of the molecule is COCCN(CCC(=O)Nc1ccc(C)cc1)c1nc(Cc2cccc(OC)c2)ns1. The van der Waals surface area contributed by atoms with E-state index in [1.807, 2.05) is 60.4 Å². The minimum atomic E-state index is -0.0348. The van der Waals surface area contributed by atoms with Gasteiger partial charge in [0.2, 0.25) is 11.0 Å². The summed E-state index contributed by atoms with van der Waals surface area (Å²) >= 11 is 1.34. The molecule has 0 aliphatic carbocycles. The number of carbonyl (C=O) groups is 1. The van der Waals surface area contributed by atoms with Crippen LogP contribution in [0.25, 0.3) is 0 Å². The maximum absolute atomic E-state index is 12.4. The Bertz CT molecular complexity index is 975. The molecule has 0 spiro atoms.